The smallest absolute Gasteiger partial charge is 0.339 e. The molecule has 1 N–H and O–H groups in total. The maximum atomic E-state index is 10.9. The lowest BCUT2D eigenvalue weighted by atomic mass is 10.1. The summed E-state index contributed by atoms with van der Waals surface area (Å²) in [7, 11) is 0. The highest BCUT2D eigenvalue weighted by Crippen LogP contribution is 2.40. The summed E-state index contributed by atoms with van der Waals surface area (Å²) in [6.45, 7) is 1.71. The third kappa shape index (κ3) is 1.39. The minimum Gasteiger partial charge on any atom is -0.478 e. The zero-order valence-corrected chi connectivity index (χ0v) is 7.32. The van der Waals surface area contributed by atoms with Crippen molar-refractivity contribution in [2.24, 2.45) is 0 Å². The van der Waals surface area contributed by atoms with Crippen LogP contribution in [0.5, 0.6) is 0 Å². The van der Waals surface area contributed by atoms with Crippen molar-refractivity contribution in [1.82, 2.24) is 9.97 Å². The van der Waals surface area contributed by atoms with Crippen LogP contribution in [-0.2, 0) is 0 Å². The van der Waals surface area contributed by atoms with Gasteiger partial charge < -0.3 is 5.11 Å². The summed E-state index contributed by atoms with van der Waals surface area (Å²) in [4.78, 5) is 18.8. The minimum atomic E-state index is -0.917. The summed E-state index contributed by atoms with van der Waals surface area (Å²) in [6, 6.07) is 0. The molecule has 1 aromatic heterocycles. The molecular weight excluding hydrogens is 168 g/mol. The predicted molar refractivity (Wildman–Crippen MR) is 45.7 cm³/mol. The lowest BCUT2D eigenvalue weighted by Crippen LogP contribution is -2.08. The van der Waals surface area contributed by atoms with E-state index in [9.17, 15) is 4.79 Å². The fourth-order valence-corrected chi connectivity index (χ4v) is 1.42. The average Bonchev–Trinajstić information content (AvgIpc) is 2.85. The summed E-state index contributed by atoms with van der Waals surface area (Å²) < 4.78 is 0. The van der Waals surface area contributed by atoms with Crippen LogP contribution in [0, 0.1) is 6.92 Å². The first kappa shape index (κ1) is 8.16. The highest BCUT2D eigenvalue weighted by molar-refractivity contribution is 5.90. The van der Waals surface area contributed by atoms with Crippen LogP contribution in [0.1, 0.15) is 40.5 Å². The summed E-state index contributed by atoms with van der Waals surface area (Å²) in [6.07, 6.45) is 3.54. The van der Waals surface area contributed by atoms with Crippen molar-refractivity contribution < 1.29 is 9.90 Å². The van der Waals surface area contributed by atoms with Crippen molar-refractivity contribution in [2.75, 3.05) is 0 Å². The van der Waals surface area contributed by atoms with Gasteiger partial charge in [-0.15, -0.1) is 0 Å². The SMILES string of the molecule is Cc1ncnc(C2CC2)c1C(=O)O. The van der Waals surface area contributed by atoms with Gasteiger partial charge in [0.2, 0.25) is 0 Å². The van der Waals surface area contributed by atoms with E-state index in [-0.39, 0.29) is 0 Å². The molecule has 13 heavy (non-hydrogen) atoms. The van der Waals surface area contributed by atoms with E-state index in [4.69, 9.17) is 5.11 Å². The molecule has 0 atom stereocenters. The van der Waals surface area contributed by atoms with Crippen molar-refractivity contribution in [3.05, 3.63) is 23.3 Å². The number of rotatable bonds is 2. The van der Waals surface area contributed by atoms with Gasteiger partial charge in [-0.3, -0.25) is 0 Å². The Hall–Kier alpha value is -1.45. The van der Waals surface area contributed by atoms with Gasteiger partial charge in [0, 0.05) is 5.92 Å². The molecule has 0 radical (unpaired) electrons. The molecule has 1 aliphatic rings. The van der Waals surface area contributed by atoms with E-state index in [1.807, 2.05) is 0 Å². The van der Waals surface area contributed by atoms with E-state index in [1.165, 1.54) is 6.33 Å². The zero-order chi connectivity index (χ0) is 9.42. The first-order valence-electron chi connectivity index (χ1n) is 4.25. The first-order chi connectivity index (χ1) is 6.20. The van der Waals surface area contributed by atoms with Crippen LogP contribution in [0.15, 0.2) is 6.33 Å². The molecule has 1 saturated carbocycles. The van der Waals surface area contributed by atoms with E-state index >= 15 is 0 Å². The maximum absolute atomic E-state index is 10.9. The Bertz CT molecular complexity index is 359. The third-order valence-electron chi connectivity index (χ3n) is 2.24. The molecule has 0 saturated heterocycles. The Kier molecular flexibility index (Phi) is 1.76. The van der Waals surface area contributed by atoms with Crippen molar-refractivity contribution >= 4 is 5.97 Å². The van der Waals surface area contributed by atoms with Crippen molar-refractivity contribution in [1.29, 1.82) is 0 Å². The second kappa shape index (κ2) is 2.80. The molecule has 0 amide bonds. The molecule has 0 aromatic carbocycles. The number of carbonyl (C=O) groups is 1. The molecular formula is C9H10N2O2. The normalized spacial score (nSPS) is 15.8. The standard InChI is InChI=1S/C9H10N2O2/c1-5-7(9(12)13)8(6-2-3-6)11-4-10-5/h4,6H,2-3H2,1H3,(H,12,13). The van der Waals surface area contributed by atoms with Gasteiger partial charge >= 0.3 is 5.97 Å². The van der Waals surface area contributed by atoms with Gasteiger partial charge in [-0.1, -0.05) is 0 Å². The first-order valence-corrected chi connectivity index (χ1v) is 4.25. The number of hydrogen-bond donors (Lipinski definition) is 1. The fraction of sp³-hybridized carbons (Fsp3) is 0.444. The third-order valence-corrected chi connectivity index (χ3v) is 2.24. The van der Waals surface area contributed by atoms with Gasteiger partial charge in [0.05, 0.1) is 11.4 Å². The van der Waals surface area contributed by atoms with E-state index < -0.39 is 5.97 Å². The van der Waals surface area contributed by atoms with Gasteiger partial charge in [0.15, 0.2) is 0 Å². The lowest BCUT2D eigenvalue weighted by molar-refractivity contribution is 0.0693. The Morgan fingerprint density at radius 2 is 2.23 bits per heavy atom. The van der Waals surface area contributed by atoms with Crippen molar-refractivity contribution in [3.63, 3.8) is 0 Å². The highest BCUT2D eigenvalue weighted by atomic mass is 16.4. The molecule has 68 valence electrons. The number of aromatic carboxylic acids is 1. The topological polar surface area (TPSA) is 63.1 Å². The van der Waals surface area contributed by atoms with Crippen LogP contribution in [-0.4, -0.2) is 21.0 Å². The summed E-state index contributed by atoms with van der Waals surface area (Å²) >= 11 is 0. The number of carboxylic acid groups (broad SMARTS) is 1. The van der Waals surface area contributed by atoms with Crippen LogP contribution >= 0.6 is 0 Å². The quantitative estimate of drug-likeness (QED) is 0.742. The van der Waals surface area contributed by atoms with Gasteiger partial charge in [-0.25, -0.2) is 14.8 Å². The summed E-state index contributed by atoms with van der Waals surface area (Å²) in [5, 5.41) is 8.94. The van der Waals surface area contributed by atoms with E-state index in [0.29, 0.717) is 22.9 Å². The van der Waals surface area contributed by atoms with Gasteiger partial charge in [0.1, 0.15) is 11.9 Å². The molecule has 1 aliphatic carbocycles. The highest BCUT2D eigenvalue weighted by Gasteiger charge is 2.30. The lowest BCUT2D eigenvalue weighted by Gasteiger charge is -2.04. The molecule has 0 aliphatic heterocycles. The second-order valence-corrected chi connectivity index (χ2v) is 3.30. The predicted octanol–water partition coefficient (Wildman–Crippen LogP) is 1.36. The van der Waals surface area contributed by atoms with Crippen molar-refractivity contribution in [3.8, 4) is 0 Å². The molecule has 4 nitrogen and oxygen atoms in total. The molecule has 0 unspecified atom stereocenters. The largest absolute Gasteiger partial charge is 0.478 e. The number of aryl methyl sites for hydroxylation is 1. The Morgan fingerprint density at radius 1 is 1.54 bits per heavy atom. The fourth-order valence-electron chi connectivity index (χ4n) is 1.42. The molecule has 1 aromatic rings. The number of aromatic nitrogens is 2. The maximum Gasteiger partial charge on any atom is 0.339 e. The molecule has 0 bridgehead atoms. The number of hydrogen-bond acceptors (Lipinski definition) is 3. The zero-order valence-electron chi connectivity index (χ0n) is 7.32. The number of nitrogens with zero attached hydrogens (tertiary/aromatic N) is 2. The van der Waals surface area contributed by atoms with E-state index in [1.54, 1.807) is 6.92 Å². The van der Waals surface area contributed by atoms with E-state index in [0.717, 1.165) is 12.8 Å². The van der Waals surface area contributed by atoms with Crippen LogP contribution < -0.4 is 0 Å². The molecule has 2 rings (SSSR count). The van der Waals surface area contributed by atoms with Gasteiger partial charge in [-0.2, -0.15) is 0 Å². The van der Waals surface area contributed by atoms with Gasteiger partial charge in [0.25, 0.3) is 0 Å². The minimum absolute atomic E-state index is 0.296. The van der Waals surface area contributed by atoms with Crippen LogP contribution in [0.25, 0.3) is 0 Å². The Morgan fingerprint density at radius 3 is 2.77 bits per heavy atom. The monoisotopic (exact) mass is 178 g/mol. The molecule has 0 spiro atoms. The summed E-state index contributed by atoms with van der Waals surface area (Å²) in [5.41, 5.74) is 1.56. The molecule has 4 heteroatoms. The Labute approximate surface area is 75.6 Å². The number of carboxylic acids is 1. The summed E-state index contributed by atoms with van der Waals surface area (Å²) in [5.74, 6) is -0.562. The second-order valence-electron chi connectivity index (χ2n) is 3.30. The molecule has 1 fully saturated rings. The van der Waals surface area contributed by atoms with Gasteiger partial charge in [-0.05, 0) is 19.8 Å². The average molecular weight is 178 g/mol. The van der Waals surface area contributed by atoms with Crippen LogP contribution in [0.2, 0.25) is 0 Å². The van der Waals surface area contributed by atoms with Crippen molar-refractivity contribution in [2.45, 2.75) is 25.7 Å². The van der Waals surface area contributed by atoms with E-state index in [2.05, 4.69) is 9.97 Å². The van der Waals surface area contributed by atoms with Crippen LogP contribution in [0.4, 0.5) is 0 Å². The Balaban J connectivity index is 2.53. The van der Waals surface area contributed by atoms with Crippen LogP contribution in [0.3, 0.4) is 0 Å². The molecule has 1 heterocycles.